The summed E-state index contributed by atoms with van der Waals surface area (Å²) in [6.45, 7) is 0. The molecule has 31 heavy (non-hydrogen) atoms. The van der Waals surface area contributed by atoms with Crippen LogP contribution >= 0.6 is 0 Å². The summed E-state index contributed by atoms with van der Waals surface area (Å²) in [4.78, 5) is 16.8. The van der Waals surface area contributed by atoms with Crippen molar-refractivity contribution in [1.29, 1.82) is 0 Å². The fourth-order valence-corrected chi connectivity index (χ4v) is 5.81. The van der Waals surface area contributed by atoms with Crippen LogP contribution in [0.2, 0.25) is 0 Å². The minimum atomic E-state index is -0.471. The first-order chi connectivity index (χ1) is 15.1. The first-order valence-corrected chi connectivity index (χ1v) is 11.6. The molecule has 2 aromatic carbocycles. The lowest BCUT2D eigenvalue weighted by Crippen LogP contribution is -2.26. The predicted molar refractivity (Wildman–Crippen MR) is 123 cm³/mol. The second-order valence-electron chi connectivity index (χ2n) is 9.45. The van der Waals surface area contributed by atoms with Crippen molar-refractivity contribution in [1.82, 2.24) is 4.98 Å². The van der Waals surface area contributed by atoms with Gasteiger partial charge in [-0.1, -0.05) is 49.2 Å². The minimum absolute atomic E-state index is 0.310. The lowest BCUT2D eigenvalue weighted by Gasteiger charge is -2.37. The maximum atomic E-state index is 12.4. The van der Waals surface area contributed by atoms with Crippen LogP contribution in [0.15, 0.2) is 54.7 Å². The SMILES string of the molecule is NC(=O)c1c(CC2CCC3(CCCC3)CC2)ccnc1Oc1cccc2ccccc12. The zero-order valence-electron chi connectivity index (χ0n) is 18.0. The standard InChI is InChI=1S/C27H30N2O2/c28-25(30)24-21(18-19-10-15-27(16-11-19)13-3-4-14-27)12-17-29-26(24)31-23-9-5-7-20-6-1-2-8-22(20)23/h1-2,5-9,12,17,19H,3-4,10-11,13-16,18H2,(H2,28,30). The zero-order valence-corrected chi connectivity index (χ0v) is 18.0. The Hall–Kier alpha value is -2.88. The Bertz CT molecular complexity index is 1090. The maximum Gasteiger partial charge on any atom is 0.254 e. The summed E-state index contributed by atoms with van der Waals surface area (Å²) in [6, 6.07) is 15.9. The van der Waals surface area contributed by atoms with E-state index in [9.17, 15) is 4.79 Å². The second kappa shape index (κ2) is 8.33. The summed E-state index contributed by atoms with van der Waals surface area (Å²) >= 11 is 0. The molecule has 0 atom stereocenters. The molecule has 0 aliphatic heterocycles. The van der Waals surface area contributed by atoms with Crippen LogP contribution in [0.5, 0.6) is 11.6 Å². The zero-order chi connectivity index (χ0) is 21.3. The molecule has 1 spiro atoms. The van der Waals surface area contributed by atoms with Crippen molar-refractivity contribution in [3.63, 3.8) is 0 Å². The van der Waals surface area contributed by atoms with Gasteiger partial charge in [-0.3, -0.25) is 4.79 Å². The summed E-state index contributed by atoms with van der Waals surface area (Å²) < 4.78 is 6.18. The van der Waals surface area contributed by atoms with E-state index in [0.29, 0.717) is 28.5 Å². The van der Waals surface area contributed by atoms with E-state index in [0.717, 1.165) is 22.8 Å². The average molecular weight is 415 g/mol. The van der Waals surface area contributed by atoms with E-state index in [1.165, 1.54) is 51.4 Å². The van der Waals surface area contributed by atoms with E-state index in [1.54, 1.807) is 6.20 Å². The van der Waals surface area contributed by atoms with Gasteiger partial charge in [-0.25, -0.2) is 4.98 Å². The number of carbonyl (C=O) groups is 1. The Morgan fingerprint density at radius 2 is 1.74 bits per heavy atom. The molecule has 2 saturated carbocycles. The summed E-state index contributed by atoms with van der Waals surface area (Å²) in [5.74, 6) is 1.12. The van der Waals surface area contributed by atoms with Gasteiger partial charge in [0.15, 0.2) is 0 Å². The van der Waals surface area contributed by atoms with Gasteiger partial charge in [0.1, 0.15) is 11.3 Å². The van der Waals surface area contributed by atoms with Crippen LogP contribution in [0, 0.1) is 11.3 Å². The van der Waals surface area contributed by atoms with Crippen LogP contribution in [-0.4, -0.2) is 10.9 Å². The lowest BCUT2D eigenvalue weighted by atomic mass is 9.68. The van der Waals surface area contributed by atoms with Crippen LogP contribution < -0.4 is 10.5 Å². The number of amides is 1. The van der Waals surface area contributed by atoms with E-state index in [4.69, 9.17) is 10.5 Å². The fraction of sp³-hybridized carbons (Fsp3) is 0.407. The number of pyridine rings is 1. The molecule has 1 aromatic heterocycles. The molecule has 2 N–H and O–H groups in total. The van der Waals surface area contributed by atoms with Crippen molar-refractivity contribution in [2.45, 2.75) is 57.8 Å². The van der Waals surface area contributed by atoms with Gasteiger partial charge in [-0.15, -0.1) is 0 Å². The first kappa shape index (κ1) is 20.0. The quantitative estimate of drug-likeness (QED) is 0.524. The highest BCUT2D eigenvalue weighted by atomic mass is 16.5. The third-order valence-corrected chi connectivity index (χ3v) is 7.54. The van der Waals surface area contributed by atoms with Gasteiger partial charge in [-0.2, -0.15) is 0 Å². The molecule has 0 bridgehead atoms. The number of nitrogens with zero attached hydrogens (tertiary/aromatic N) is 1. The molecular formula is C27H30N2O2. The number of hydrogen-bond donors (Lipinski definition) is 1. The number of aromatic nitrogens is 1. The molecule has 3 aromatic rings. The predicted octanol–water partition coefficient (Wildman–Crippen LogP) is 6.42. The Kier molecular flexibility index (Phi) is 5.39. The molecule has 2 aliphatic rings. The molecule has 4 nitrogen and oxygen atoms in total. The van der Waals surface area contributed by atoms with Gasteiger partial charge in [0.2, 0.25) is 5.88 Å². The van der Waals surface area contributed by atoms with Crippen molar-refractivity contribution in [3.05, 3.63) is 65.9 Å². The van der Waals surface area contributed by atoms with Crippen LogP contribution in [0.3, 0.4) is 0 Å². The molecule has 0 radical (unpaired) electrons. The summed E-state index contributed by atoms with van der Waals surface area (Å²) in [6.07, 6.45) is 13.3. The average Bonchev–Trinajstić information content (AvgIpc) is 3.24. The van der Waals surface area contributed by atoms with Crippen LogP contribution in [0.25, 0.3) is 10.8 Å². The Labute approximate surface area is 183 Å². The van der Waals surface area contributed by atoms with Gasteiger partial charge in [-0.05, 0) is 79.4 Å². The van der Waals surface area contributed by atoms with E-state index in [-0.39, 0.29) is 0 Å². The first-order valence-electron chi connectivity index (χ1n) is 11.6. The Balaban J connectivity index is 1.39. The number of ether oxygens (including phenoxy) is 1. The summed E-state index contributed by atoms with van der Waals surface area (Å²) in [7, 11) is 0. The smallest absolute Gasteiger partial charge is 0.254 e. The van der Waals surface area contributed by atoms with Crippen molar-refractivity contribution >= 4 is 16.7 Å². The number of benzene rings is 2. The topological polar surface area (TPSA) is 65.2 Å². The molecule has 2 fully saturated rings. The number of hydrogen-bond acceptors (Lipinski definition) is 3. The van der Waals surface area contributed by atoms with E-state index >= 15 is 0 Å². The Morgan fingerprint density at radius 1 is 1.00 bits per heavy atom. The number of carbonyl (C=O) groups excluding carboxylic acids is 1. The summed E-state index contributed by atoms with van der Waals surface area (Å²) in [5.41, 5.74) is 7.83. The molecule has 1 amide bonds. The third kappa shape index (κ3) is 4.04. The second-order valence-corrected chi connectivity index (χ2v) is 9.45. The number of fused-ring (bicyclic) bond motifs is 1. The lowest BCUT2D eigenvalue weighted by molar-refractivity contribution is 0.0995. The molecule has 2 aliphatic carbocycles. The van der Waals surface area contributed by atoms with Crippen molar-refractivity contribution < 1.29 is 9.53 Å². The van der Waals surface area contributed by atoms with E-state index in [2.05, 4.69) is 4.98 Å². The molecule has 5 rings (SSSR count). The van der Waals surface area contributed by atoms with E-state index < -0.39 is 5.91 Å². The van der Waals surface area contributed by atoms with Crippen LogP contribution in [0.4, 0.5) is 0 Å². The number of rotatable bonds is 5. The highest BCUT2D eigenvalue weighted by Crippen LogP contribution is 2.50. The monoisotopic (exact) mass is 414 g/mol. The van der Waals surface area contributed by atoms with Crippen molar-refractivity contribution in [3.8, 4) is 11.6 Å². The number of nitrogens with two attached hydrogens (primary N) is 1. The minimum Gasteiger partial charge on any atom is -0.438 e. The van der Waals surface area contributed by atoms with Crippen molar-refractivity contribution in [2.75, 3.05) is 0 Å². The van der Waals surface area contributed by atoms with Gasteiger partial charge in [0, 0.05) is 11.6 Å². The summed E-state index contributed by atoms with van der Waals surface area (Å²) in [5, 5.41) is 2.07. The molecule has 0 saturated heterocycles. The van der Waals surface area contributed by atoms with Gasteiger partial charge in [0.25, 0.3) is 5.91 Å². The van der Waals surface area contributed by atoms with Crippen molar-refractivity contribution in [2.24, 2.45) is 17.1 Å². The Morgan fingerprint density at radius 3 is 2.52 bits per heavy atom. The van der Waals surface area contributed by atoms with Crippen LogP contribution in [-0.2, 0) is 6.42 Å². The van der Waals surface area contributed by atoms with E-state index in [1.807, 2.05) is 48.5 Å². The van der Waals surface area contributed by atoms with Crippen LogP contribution in [0.1, 0.15) is 67.3 Å². The largest absolute Gasteiger partial charge is 0.438 e. The van der Waals surface area contributed by atoms with Gasteiger partial charge in [0.05, 0.1) is 0 Å². The third-order valence-electron chi connectivity index (χ3n) is 7.54. The fourth-order valence-electron chi connectivity index (χ4n) is 5.81. The highest BCUT2D eigenvalue weighted by molar-refractivity contribution is 5.97. The molecule has 160 valence electrons. The highest BCUT2D eigenvalue weighted by Gasteiger charge is 2.37. The van der Waals surface area contributed by atoms with Gasteiger partial charge < -0.3 is 10.5 Å². The molecule has 1 heterocycles. The normalized spacial score (nSPS) is 18.5. The molecule has 0 unspecified atom stereocenters. The molecular weight excluding hydrogens is 384 g/mol. The number of primary amides is 1. The van der Waals surface area contributed by atoms with Gasteiger partial charge >= 0.3 is 0 Å². The maximum absolute atomic E-state index is 12.4. The molecule has 4 heteroatoms.